The highest BCUT2D eigenvalue weighted by atomic mass is 19.4. The fourth-order valence-corrected chi connectivity index (χ4v) is 0.917. The third-order valence-electron chi connectivity index (χ3n) is 1.52. The second-order valence-corrected chi connectivity index (χ2v) is 2.74. The van der Waals surface area contributed by atoms with Gasteiger partial charge in [0.2, 0.25) is 0 Å². The maximum atomic E-state index is 12.0. The molecule has 1 heterocycles. The summed E-state index contributed by atoms with van der Waals surface area (Å²) in [5.74, 6) is 0. The Morgan fingerprint density at radius 2 is 2.00 bits per heavy atom. The molecule has 72 valence electrons. The molecule has 0 spiro atoms. The van der Waals surface area contributed by atoms with Crippen molar-refractivity contribution in [2.24, 2.45) is 0 Å². The molecular formula is C8H8F3NO. The maximum absolute atomic E-state index is 12.0. The van der Waals surface area contributed by atoms with Crippen LogP contribution in [0.1, 0.15) is 17.2 Å². The van der Waals surface area contributed by atoms with Crippen molar-refractivity contribution in [3.05, 3.63) is 29.6 Å². The van der Waals surface area contributed by atoms with E-state index in [-0.39, 0.29) is 5.56 Å². The van der Waals surface area contributed by atoms with Gasteiger partial charge < -0.3 is 5.11 Å². The fourth-order valence-electron chi connectivity index (χ4n) is 0.917. The molecule has 0 radical (unpaired) electrons. The lowest BCUT2D eigenvalue weighted by atomic mass is 10.1. The zero-order valence-corrected chi connectivity index (χ0v) is 6.84. The molecular weight excluding hydrogens is 183 g/mol. The van der Waals surface area contributed by atoms with E-state index < -0.39 is 12.3 Å². The van der Waals surface area contributed by atoms with Crippen molar-refractivity contribution >= 4 is 0 Å². The van der Waals surface area contributed by atoms with Crippen LogP contribution in [0.3, 0.4) is 0 Å². The van der Waals surface area contributed by atoms with Crippen molar-refractivity contribution in [1.82, 2.24) is 4.98 Å². The van der Waals surface area contributed by atoms with Gasteiger partial charge in [-0.2, -0.15) is 13.2 Å². The minimum atomic E-state index is -4.63. The van der Waals surface area contributed by atoms with E-state index in [9.17, 15) is 13.2 Å². The number of hydrogen-bond donors (Lipinski definition) is 1. The van der Waals surface area contributed by atoms with Gasteiger partial charge in [-0.1, -0.05) is 6.07 Å². The van der Waals surface area contributed by atoms with E-state index in [4.69, 9.17) is 5.11 Å². The Kier molecular flexibility index (Phi) is 2.56. The molecule has 0 aromatic carbocycles. The van der Waals surface area contributed by atoms with Crippen LogP contribution in [0.2, 0.25) is 0 Å². The van der Waals surface area contributed by atoms with Crippen LogP contribution in [-0.2, 0) is 0 Å². The molecule has 1 N–H and O–H groups in total. The van der Waals surface area contributed by atoms with Crippen molar-refractivity contribution in [3.8, 4) is 0 Å². The van der Waals surface area contributed by atoms with Gasteiger partial charge in [0.25, 0.3) is 0 Å². The number of aromatic nitrogens is 1. The van der Waals surface area contributed by atoms with Crippen LogP contribution >= 0.6 is 0 Å². The predicted molar refractivity (Wildman–Crippen MR) is 40.0 cm³/mol. The first kappa shape index (κ1) is 9.98. The molecule has 1 aromatic rings. The smallest absolute Gasteiger partial charge is 0.379 e. The number of aliphatic hydroxyl groups is 1. The van der Waals surface area contributed by atoms with Crippen LogP contribution in [0.4, 0.5) is 13.2 Å². The average molecular weight is 191 g/mol. The van der Waals surface area contributed by atoms with E-state index in [1.807, 2.05) is 0 Å². The van der Waals surface area contributed by atoms with Crippen molar-refractivity contribution < 1.29 is 18.3 Å². The predicted octanol–water partition coefficient (Wildman–Crippen LogP) is 1.99. The van der Waals surface area contributed by atoms with Crippen LogP contribution < -0.4 is 0 Å². The normalized spacial score (nSPS) is 14.2. The zero-order chi connectivity index (χ0) is 10.1. The van der Waals surface area contributed by atoms with E-state index in [1.54, 1.807) is 6.92 Å². The van der Waals surface area contributed by atoms with E-state index in [1.165, 1.54) is 12.3 Å². The molecule has 0 saturated carbocycles. The number of halogens is 3. The Labute approximate surface area is 73.0 Å². The van der Waals surface area contributed by atoms with Gasteiger partial charge in [-0.3, -0.25) is 4.98 Å². The van der Waals surface area contributed by atoms with Gasteiger partial charge in [0.15, 0.2) is 6.10 Å². The molecule has 13 heavy (non-hydrogen) atoms. The number of alkyl halides is 3. The molecule has 2 nitrogen and oxygen atoms in total. The molecule has 1 aromatic heterocycles. The summed E-state index contributed by atoms with van der Waals surface area (Å²) in [6.07, 6.45) is -4.65. The minimum Gasteiger partial charge on any atom is -0.379 e. The van der Waals surface area contributed by atoms with Gasteiger partial charge >= 0.3 is 6.18 Å². The summed E-state index contributed by atoms with van der Waals surface area (Å²) in [4.78, 5) is 3.56. The lowest BCUT2D eigenvalue weighted by Crippen LogP contribution is -2.20. The summed E-state index contributed by atoms with van der Waals surface area (Å²) >= 11 is 0. The van der Waals surface area contributed by atoms with Crippen molar-refractivity contribution in [2.45, 2.75) is 19.2 Å². The van der Waals surface area contributed by atoms with Crippen LogP contribution in [0.25, 0.3) is 0 Å². The SMILES string of the molecule is Cc1cncc([C@@H](O)C(F)(F)F)c1. The summed E-state index contributed by atoms with van der Waals surface area (Å²) in [5, 5.41) is 8.82. The Bertz CT molecular complexity index is 298. The quantitative estimate of drug-likeness (QED) is 0.736. The number of aliphatic hydroxyl groups excluding tert-OH is 1. The Hall–Kier alpha value is -1.10. The second-order valence-electron chi connectivity index (χ2n) is 2.74. The van der Waals surface area contributed by atoms with Gasteiger partial charge in [-0.25, -0.2) is 0 Å². The molecule has 0 saturated heterocycles. The van der Waals surface area contributed by atoms with Crippen LogP contribution in [-0.4, -0.2) is 16.3 Å². The Morgan fingerprint density at radius 3 is 2.46 bits per heavy atom. The topological polar surface area (TPSA) is 33.1 Å². The molecule has 5 heteroatoms. The van der Waals surface area contributed by atoms with Crippen molar-refractivity contribution in [2.75, 3.05) is 0 Å². The monoisotopic (exact) mass is 191 g/mol. The summed E-state index contributed by atoms with van der Waals surface area (Å²) in [6, 6.07) is 1.26. The van der Waals surface area contributed by atoms with E-state index >= 15 is 0 Å². The molecule has 0 unspecified atom stereocenters. The van der Waals surface area contributed by atoms with Crippen LogP contribution in [0.15, 0.2) is 18.5 Å². The number of pyridine rings is 1. The molecule has 0 amide bonds. The number of hydrogen-bond acceptors (Lipinski definition) is 2. The average Bonchev–Trinajstić information content (AvgIpc) is 2.01. The van der Waals surface area contributed by atoms with Crippen molar-refractivity contribution in [1.29, 1.82) is 0 Å². The van der Waals surface area contributed by atoms with Gasteiger partial charge in [0.1, 0.15) is 0 Å². The lowest BCUT2D eigenvalue weighted by molar-refractivity contribution is -0.206. The molecule has 0 aliphatic rings. The highest BCUT2D eigenvalue weighted by molar-refractivity contribution is 5.19. The standard InChI is InChI=1S/C8H8F3NO/c1-5-2-6(4-12-3-5)7(13)8(9,10)11/h2-4,7,13H,1H3/t7-/m1/s1. The molecule has 1 atom stereocenters. The fraction of sp³-hybridized carbons (Fsp3) is 0.375. The number of nitrogens with zero attached hydrogens (tertiary/aromatic N) is 1. The van der Waals surface area contributed by atoms with Gasteiger partial charge in [-0.15, -0.1) is 0 Å². The highest BCUT2D eigenvalue weighted by Gasteiger charge is 2.39. The first-order valence-electron chi connectivity index (χ1n) is 3.57. The van der Waals surface area contributed by atoms with Crippen LogP contribution in [0.5, 0.6) is 0 Å². The minimum absolute atomic E-state index is 0.229. The van der Waals surface area contributed by atoms with E-state index in [2.05, 4.69) is 4.98 Å². The zero-order valence-electron chi connectivity index (χ0n) is 6.84. The molecule has 1 rings (SSSR count). The summed E-state index contributed by atoms with van der Waals surface area (Å²) < 4.78 is 36.0. The third kappa shape index (κ3) is 2.42. The second kappa shape index (κ2) is 3.33. The maximum Gasteiger partial charge on any atom is 0.418 e. The number of aryl methyl sites for hydroxylation is 1. The van der Waals surface area contributed by atoms with Gasteiger partial charge in [0.05, 0.1) is 0 Å². The number of rotatable bonds is 1. The molecule has 0 bridgehead atoms. The lowest BCUT2D eigenvalue weighted by Gasteiger charge is -2.14. The van der Waals surface area contributed by atoms with E-state index in [0.29, 0.717) is 5.56 Å². The van der Waals surface area contributed by atoms with Gasteiger partial charge in [0, 0.05) is 18.0 Å². The summed E-state index contributed by atoms with van der Waals surface area (Å²) in [6.45, 7) is 1.61. The van der Waals surface area contributed by atoms with Crippen molar-refractivity contribution in [3.63, 3.8) is 0 Å². The highest BCUT2D eigenvalue weighted by Crippen LogP contribution is 2.31. The first-order chi connectivity index (χ1) is 5.91. The third-order valence-corrected chi connectivity index (χ3v) is 1.52. The summed E-state index contributed by atoms with van der Waals surface area (Å²) in [7, 11) is 0. The Balaban J connectivity index is 2.96. The summed E-state index contributed by atoms with van der Waals surface area (Å²) in [5.41, 5.74) is 0.355. The Morgan fingerprint density at radius 1 is 1.38 bits per heavy atom. The molecule has 0 fully saturated rings. The molecule has 0 aliphatic carbocycles. The largest absolute Gasteiger partial charge is 0.418 e. The molecule has 0 aliphatic heterocycles. The first-order valence-corrected chi connectivity index (χ1v) is 3.57. The van der Waals surface area contributed by atoms with E-state index in [0.717, 1.165) is 6.20 Å². The van der Waals surface area contributed by atoms with Gasteiger partial charge in [-0.05, 0) is 12.5 Å². The van der Waals surface area contributed by atoms with Crippen LogP contribution in [0, 0.1) is 6.92 Å².